The Bertz CT molecular complexity index is 366. The second-order valence-electron chi connectivity index (χ2n) is 9.08. The van der Waals surface area contributed by atoms with Crippen LogP contribution in [0.2, 0.25) is 0 Å². The summed E-state index contributed by atoms with van der Waals surface area (Å²) in [5, 5.41) is 0. The van der Waals surface area contributed by atoms with Crippen molar-refractivity contribution in [3.8, 4) is 0 Å². The van der Waals surface area contributed by atoms with Crippen LogP contribution in [0.1, 0.15) is 47.5 Å². The zero-order valence-electron chi connectivity index (χ0n) is 21.0. The molecule has 2 aliphatic rings. The molecule has 178 valence electrons. The van der Waals surface area contributed by atoms with Gasteiger partial charge in [0.25, 0.3) is 0 Å². The Kier molecular flexibility index (Phi) is 12.8. The molecule has 2 saturated heterocycles. The number of likely N-dealkylation sites (N-methyl/N-ethyl adjacent to an activating group) is 4. The summed E-state index contributed by atoms with van der Waals surface area (Å²) in [4.78, 5) is 16.3. The summed E-state index contributed by atoms with van der Waals surface area (Å²) in [6, 6.07) is 0. The molecule has 0 aromatic carbocycles. The Morgan fingerprint density at radius 3 is 0.933 bits per heavy atom. The highest BCUT2D eigenvalue weighted by atomic mass is 15.4. The zero-order chi connectivity index (χ0) is 21.8. The van der Waals surface area contributed by atoms with Crippen molar-refractivity contribution in [1.29, 1.82) is 0 Å². The average Bonchev–Trinajstić information content (AvgIpc) is 2.94. The molecule has 0 spiro atoms. The predicted molar refractivity (Wildman–Crippen MR) is 130 cm³/mol. The zero-order valence-corrected chi connectivity index (χ0v) is 21.0. The Balaban J connectivity index is 2.15. The van der Waals surface area contributed by atoms with Gasteiger partial charge in [-0.1, -0.05) is 41.0 Å². The predicted octanol–water partition coefficient (Wildman–Crippen LogP) is 2.03. The average molecular weight is 425 g/mol. The summed E-state index contributed by atoms with van der Waals surface area (Å²) in [5.41, 5.74) is 0. The van der Waals surface area contributed by atoms with Crippen LogP contribution in [0.25, 0.3) is 0 Å². The van der Waals surface area contributed by atoms with Gasteiger partial charge in [0.05, 0.1) is 6.17 Å². The molecule has 6 nitrogen and oxygen atoms in total. The molecule has 0 aliphatic carbocycles. The second kappa shape index (κ2) is 14.8. The van der Waals surface area contributed by atoms with Gasteiger partial charge in [-0.25, -0.2) is 0 Å². The van der Waals surface area contributed by atoms with Gasteiger partial charge in [-0.2, -0.15) is 0 Å². The minimum atomic E-state index is 0.584. The molecular formula is C24H52N6. The van der Waals surface area contributed by atoms with E-state index in [1.54, 1.807) is 0 Å². The second-order valence-corrected chi connectivity index (χ2v) is 9.08. The molecule has 0 N–H and O–H groups in total. The van der Waals surface area contributed by atoms with E-state index < -0.39 is 0 Å². The van der Waals surface area contributed by atoms with Gasteiger partial charge in [-0.15, -0.1) is 0 Å². The summed E-state index contributed by atoms with van der Waals surface area (Å²) >= 11 is 0. The number of hydrogen-bond donors (Lipinski definition) is 0. The molecule has 30 heavy (non-hydrogen) atoms. The number of nitrogens with zero attached hydrogens (tertiary/aromatic N) is 6. The fourth-order valence-electron chi connectivity index (χ4n) is 5.03. The van der Waals surface area contributed by atoms with E-state index in [4.69, 9.17) is 0 Å². The van der Waals surface area contributed by atoms with Crippen molar-refractivity contribution in [2.75, 3.05) is 105 Å². The lowest BCUT2D eigenvalue weighted by Crippen LogP contribution is -2.54. The lowest BCUT2D eigenvalue weighted by molar-refractivity contribution is 0.0219. The van der Waals surface area contributed by atoms with Gasteiger partial charge in [0.1, 0.15) is 0 Å². The first-order chi connectivity index (χ1) is 14.6. The molecule has 0 bridgehead atoms. The molecule has 0 aromatic rings. The Morgan fingerprint density at radius 1 is 0.433 bits per heavy atom. The van der Waals surface area contributed by atoms with Crippen molar-refractivity contribution >= 4 is 0 Å². The van der Waals surface area contributed by atoms with Gasteiger partial charge in [0.15, 0.2) is 0 Å². The molecular weight excluding hydrogens is 372 g/mol. The topological polar surface area (TPSA) is 19.4 Å². The molecule has 0 amide bonds. The fourth-order valence-corrected chi connectivity index (χ4v) is 5.03. The molecule has 2 aliphatic heterocycles. The highest BCUT2D eigenvalue weighted by Crippen LogP contribution is 2.16. The van der Waals surface area contributed by atoms with Crippen LogP contribution in [0.5, 0.6) is 0 Å². The summed E-state index contributed by atoms with van der Waals surface area (Å²) < 4.78 is 0. The first kappa shape index (κ1) is 26.0. The van der Waals surface area contributed by atoms with Crippen molar-refractivity contribution in [3.63, 3.8) is 0 Å². The lowest BCUT2D eigenvalue weighted by Gasteiger charge is -2.41. The lowest BCUT2D eigenvalue weighted by atomic mass is 10.2. The third-order valence-electron chi connectivity index (χ3n) is 7.46. The fraction of sp³-hybridized carbons (Fsp3) is 1.00. The first-order valence-corrected chi connectivity index (χ1v) is 13.0. The van der Waals surface area contributed by atoms with Gasteiger partial charge >= 0.3 is 0 Å². The molecule has 0 unspecified atom stereocenters. The van der Waals surface area contributed by atoms with Crippen molar-refractivity contribution in [3.05, 3.63) is 0 Å². The number of rotatable bonds is 8. The quantitative estimate of drug-likeness (QED) is 0.590. The maximum atomic E-state index is 2.84. The monoisotopic (exact) mass is 424 g/mol. The van der Waals surface area contributed by atoms with Crippen LogP contribution in [-0.4, -0.2) is 140 Å². The molecule has 0 saturated carbocycles. The van der Waals surface area contributed by atoms with Crippen LogP contribution in [0.4, 0.5) is 0 Å². The molecule has 2 fully saturated rings. The SMILES string of the molecule is CCCC(N1CCN(CC)CCN(CC)CC1)N1CCN(CC)CCN(CC)CC1. The van der Waals surface area contributed by atoms with Crippen LogP contribution in [0, 0.1) is 0 Å². The van der Waals surface area contributed by atoms with E-state index in [1.165, 1.54) is 118 Å². The van der Waals surface area contributed by atoms with E-state index in [9.17, 15) is 0 Å². The van der Waals surface area contributed by atoms with E-state index in [0.717, 1.165) is 0 Å². The van der Waals surface area contributed by atoms with Crippen LogP contribution in [-0.2, 0) is 0 Å². The van der Waals surface area contributed by atoms with Crippen molar-refractivity contribution in [2.45, 2.75) is 53.6 Å². The third kappa shape index (κ3) is 8.36. The maximum absolute atomic E-state index is 2.84. The van der Waals surface area contributed by atoms with Gasteiger partial charge in [-0.3, -0.25) is 9.80 Å². The summed E-state index contributed by atoms with van der Waals surface area (Å²) in [5.74, 6) is 0. The van der Waals surface area contributed by atoms with E-state index in [0.29, 0.717) is 6.17 Å². The van der Waals surface area contributed by atoms with Gasteiger partial charge in [-0.05, 0) is 32.6 Å². The van der Waals surface area contributed by atoms with Crippen LogP contribution < -0.4 is 0 Å². The van der Waals surface area contributed by atoms with Gasteiger partial charge in [0.2, 0.25) is 0 Å². The van der Waals surface area contributed by atoms with Crippen LogP contribution in [0.15, 0.2) is 0 Å². The van der Waals surface area contributed by atoms with Crippen LogP contribution >= 0.6 is 0 Å². The molecule has 0 atom stereocenters. The van der Waals surface area contributed by atoms with E-state index in [-0.39, 0.29) is 0 Å². The molecule has 2 rings (SSSR count). The smallest absolute Gasteiger partial charge is 0.0624 e. The van der Waals surface area contributed by atoms with Crippen molar-refractivity contribution in [1.82, 2.24) is 29.4 Å². The van der Waals surface area contributed by atoms with E-state index in [2.05, 4.69) is 64.0 Å². The molecule has 0 radical (unpaired) electrons. The molecule has 6 heteroatoms. The molecule has 2 heterocycles. The summed E-state index contributed by atoms with van der Waals surface area (Å²) in [7, 11) is 0. The van der Waals surface area contributed by atoms with Crippen LogP contribution in [0.3, 0.4) is 0 Å². The third-order valence-corrected chi connectivity index (χ3v) is 7.46. The Labute approximate surface area is 188 Å². The largest absolute Gasteiger partial charge is 0.301 e. The minimum Gasteiger partial charge on any atom is -0.301 e. The van der Waals surface area contributed by atoms with Crippen molar-refractivity contribution < 1.29 is 0 Å². The van der Waals surface area contributed by atoms with Crippen molar-refractivity contribution in [2.24, 2.45) is 0 Å². The van der Waals surface area contributed by atoms with E-state index in [1.807, 2.05) is 0 Å². The summed E-state index contributed by atoms with van der Waals surface area (Å²) in [6.45, 7) is 30.9. The highest BCUT2D eigenvalue weighted by molar-refractivity contribution is 4.80. The summed E-state index contributed by atoms with van der Waals surface area (Å²) in [6.07, 6.45) is 3.14. The van der Waals surface area contributed by atoms with Gasteiger partial charge < -0.3 is 19.6 Å². The first-order valence-electron chi connectivity index (χ1n) is 13.0. The minimum absolute atomic E-state index is 0.584. The Hall–Kier alpha value is -0.240. The standard InChI is InChI=1S/C24H52N6/c1-6-11-24(29-20-16-25(7-2)12-13-26(8-3)17-21-29)30-22-18-27(9-4)14-15-28(10-5)19-23-30/h24H,6-23H2,1-5H3. The highest BCUT2D eigenvalue weighted by Gasteiger charge is 2.27. The van der Waals surface area contributed by atoms with Gasteiger partial charge in [0, 0.05) is 78.5 Å². The molecule has 0 aromatic heterocycles. The van der Waals surface area contributed by atoms with E-state index >= 15 is 0 Å². The number of hydrogen-bond acceptors (Lipinski definition) is 6. The normalized spacial score (nSPS) is 24.2. The maximum Gasteiger partial charge on any atom is 0.0624 e. The Morgan fingerprint density at radius 2 is 0.700 bits per heavy atom.